The number of nitrogens with one attached hydrogen (secondary N) is 1. The van der Waals surface area contributed by atoms with Crippen molar-refractivity contribution in [2.24, 2.45) is 0 Å². The number of ether oxygens (including phenoxy) is 1. The second-order valence-corrected chi connectivity index (χ2v) is 10.4. The summed E-state index contributed by atoms with van der Waals surface area (Å²) in [5.74, 6) is -0.484. The lowest BCUT2D eigenvalue weighted by Crippen LogP contribution is -2.51. The van der Waals surface area contributed by atoms with Crippen molar-refractivity contribution in [3.05, 3.63) is 89.4 Å². The predicted molar refractivity (Wildman–Crippen MR) is 144 cm³/mol. The van der Waals surface area contributed by atoms with Crippen molar-refractivity contribution >= 4 is 39.1 Å². The summed E-state index contributed by atoms with van der Waals surface area (Å²) in [6.07, 6.45) is 0.320. The molecule has 0 bridgehead atoms. The molecule has 0 aliphatic rings. The third kappa shape index (κ3) is 6.61. The molecule has 196 valence electrons. The van der Waals surface area contributed by atoms with Gasteiger partial charge in [-0.3, -0.25) is 13.9 Å². The zero-order valence-corrected chi connectivity index (χ0v) is 22.5. The summed E-state index contributed by atoms with van der Waals surface area (Å²) in [6.45, 7) is 1.28. The van der Waals surface area contributed by atoms with Gasteiger partial charge >= 0.3 is 0 Å². The van der Waals surface area contributed by atoms with Crippen molar-refractivity contribution in [1.82, 2.24) is 10.2 Å². The molecule has 0 aliphatic heterocycles. The molecule has 1 atom stereocenters. The van der Waals surface area contributed by atoms with Crippen LogP contribution < -0.4 is 14.4 Å². The molecule has 8 nitrogen and oxygen atoms in total. The first-order chi connectivity index (χ1) is 17.7. The fraction of sp³-hybridized carbons (Fsp3) is 0.259. The average Bonchev–Trinajstić information content (AvgIpc) is 2.92. The van der Waals surface area contributed by atoms with Crippen LogP contribution in [0.3, 0.4) is 0 Å². The van der Waals surface area contributed by atoms with E-state index in [-0.39, 0.29) is 23.0 Å². The molecule has 3 aromatic rings. The molecule has 37 heavy (non-hydrogen) atoms. The van der Waals surface area contributed by atoms with Gasteiger partial charge in [-0.2, -0.15) is 0 Å². The Bertz CT molecular complexity index is 1330. The number of methoxy groups -OCH3 is 1. The Morgan fingerprint density at radius 3 is 2.30 bits per heavy atom. The molecule has 0 spiro atoms. The van der Waals surface area contributed by atoms with Gasteiger partial charge in [-0.1, -0.05) is 61.0 Å². The van der Waals surface area contributed by atoms with Gasteiger partial charge in [-0.25, -0.2) is 8.42 Å². The second-order valence-electron chi connectivity index (χ2n) is 8.18. The molecule has 0 saturated carbocycles. The molecule has 0 fully saturated rings. The summed E-state index contributed by atoms with van der Waals surface area (Å²) >= 11 is 6.36. The molecule has 2 amide bonds. The molecule has 3 aromatic carbocycles. The third-order valence-corrected chi connectivity index (χ3v) is 8.04. The number of carbonyl (C=O) groups excluding carboxylic acids is 2. The third-order valence-electron chi connectivity index (χ3n) is 5.88. The van der Waals surface area contributed by atoms with Crippen LogP contribution in [0.5, 0.6) is 5.75 Å². The quantitative estimate of drug-likeness (QED) is 0.393. The summed E-state index contributed by atoms with van der Waals surface area (Å²) in [4.78, 5) is 28.0. The Labute approximate surface area is 222 Å². The normalized spacial score (nSPS) is 11.9. The Morgan fingerprint density at radius 2 is 1.68 bits per heavy atom. The predicted octanol–water partition coefficient (Wildman–Crippen LogP) is 4.10. The van der Waals surface area contributed by atoms with Crippen LogP contribution in [-0.2, 0) is 26.2 Å². The van der Waals surface area contributed by atoms with E-state index in [1.807, 2.05) is 0 Å². The van der Waals surface area contributed by atoms with E-state index in [1.165, 1.54) is 31.2 Å². The highest BCUT2D eigenvalue weighted by molar-refractivity contribution is 7.92. The molecule has 0 aromatic heterocycles. The van der Waals surface area contributed by atoms with Gasteiger partial charge in [-0.05, 0) is 42.3 Å². The van der Waals surface area contributed by atoms with Crippen LogP contribution in [0.4, 0.5) is 5.69 Å². The van der Waals surface area contributed by atoms with Crippen LogP contribution >= 0.6 is 11.6 Å². The fourth-order valence-electron chi connectivity index (χ4n) is 3.91. The zero-order chi connectivity index (χ0) is 27.0. The summed E-state index contributed by atoms with van der Waals surface area (Å²) < 4.78 is 33.8. The monoisotopic (exact) mass is 543 g/mol. The van der Waals surface area contributed by atoms with Crippen molar-refractivity contribution in [3.8, 4) is 5.75 Å². The maximum Gasteiger partial charge on any atom is 0.264 e. The Kier molecular flexibility index (Phi) is 9.54. The standard InChI is InChI=1S/C27H30ClN3O5S/c1-4-25(27(33)29-2)30(18-20-11-8-9-16-24(20)28)26(32)19-31(21-12-10-13-22(17-21)36-3)37(34,35)23-14-6-5-7-15-23/h5-17,25H,4,18-19H2,1-3H3,(H,29,33). The highest BCUT2D eigenvalue weighted by Crippen LogP contribution is 2.28. The van der Waals surface area contributed by atoms with Crippen LogP contribution in [0.2, 0.25) is 5.02 Å². The number of likely N-dealkylation sites (N-methyl/N-ethyl adjacent to an activating group) is 1. The van der Waals surface area contributed by atoms with Crippen LogP contribution in [0.15, 0.2) is 83.8 Å². The molecule has 1 N–H and O–H groups in total. The molecular formula is C27H30ClN3O5S. The van der Waals surface area contributed by atoms with Gasteiger partial charge in [0.1, 0.15) is 18.3 Å². The number of anilines is 1. The van der Waals surface area contributed by atoms with Gasteiger partial charge < -0.3 is 15.0 Å². The molecule has 0 saturated heterocycles. The van der Waals surface area contributed by atoms with Gasteiger partial charge in [-0.15, -0.1) is 0 Å². The largest absolute Gasteiger partial charge is 0.497 e. The Morgan fingerprint density at radius 1 is 1.00 bits per heavy atom. The number of hydrogen-bond donors (Lipinski definition) is 1. The minimum atomic E-state index is -4.14. The number of carbonyl (C=O) groups is 2. The zero-order valence-electron chi connectivity index (χ0n) is 20.9. The second kappa shape index (κ2) is 12.6. The lowest BCUT2D eigenvalue weighted by atomic mass is 10.1. The summed E-state index contributed by atoms with van der Waals surface area (Å²) in [6, 6.07) is 20.5. The SMILES string of the molecule is CCC(C(=O)NC)N(Cc1ccccc1Cl)C(=O)CN(c1cccc(OC)c1)S(=O)(=O)c1ccccc1. The Balaban J connectivity index is 2.08. The number of benzene rings is 3. The number of halogens is 1. The first-order valence-electron chi connectivity index (χ1n) is 11.7. The van der Waals surface area contributed by atoms with E-state index in [2.05, 4.69) is 5.32 Å². The van der Waals surface area contributed by atoms with E-state index in [9.17, 15) is 18.0 Å². The highest BCUT2D eigenvalue weighted by Gasteiger charge is 2.33. The van der Waals surface area contributed by atoms with E-state index in [0.29, 0.717) is 22.8 Å². The van der Waals surface area contributed by atoms with Crippen molar-refractivity contribution in [2.75, 3.05) is 25.0 Å². The Hall–Kier alpha value is -3.56. The van der Waals surface area contributed by atoms with Crippen LogP contribution in [0, 0.1) is 0 Å². The van der Waals surface area contributed by atoms with E-state index in [1.54, 1.807) is 73.7 Å². The van der Waals surface area contributed by atoms with Crippen molar-refractivity contribution in [1.29, 1.82) is 0 Å². The molecule has 0 radical (unpaired) electrons. The van der Waals surface area contributed by atoms with Crippen molar-refractivity contribution < 1.29 is 22.7 Å². The summed E-state index contributed by atoms with van der Waals surface area (Å²) in [7, 11) is -1.18. The minimum absolute atomic E-state index is 0.0293. The van der Waals surface area contributed by atoms with Crippen molar-refractivity contribution in [3.63, 3.8) is 0 Å². The van der Waals surface area contributed by atoms with E-state index < -0.39 is 28.5 Å². The maximum atomic E-state index is 13.9. The number of amides is 2. The number of hydrogen-bond acceptors (Lipinski definition) is 5. The first-order valence-corrected chi connectivity index (χ1v) is 13.5. The number of nitrogens with zero attached hydrogens (tertiary/aromatic N) is 2. The molecule has 0 aliphatic carbocycles. The lowest BCUT2D eigenvalue weighted by Gasteiger charge is -2.33. The van der Waals surface area contributed by atoms with E-state index in [0.717, 1.165) is 4.31 Å². The maximum absolute atomic E-state index is 13.9. The summed E-state index contributed by atoms with van der Waals surface area (Å²) in [5.41, 5.74) is 0.890. The minimum Gasteiger partial charge on any atom is -0.497 e. The number of rotatable bonds is 11. The molecule has 10 heteroatoms. The smallest absolute Gasteiger partial charge is 0.264 e. The van der Waals surface area contributed by atoms with Crippen LogP contribution in [-0.4, -0.2) is 51.9 Å². The van der Waals surface area contributed by atoms with Crippen LogP contribution in [0.1, 0.15) is 18.9 Å². The lowest BCUT2D eigenvalue weighted by molar-refractivity contribution is -0.140. The fourth-order valence-corrected chi connectivity index (χ4v) is 5.53. The molecule has 0 heterocycles. The highest BCUT2D eigenvalue weighted by atomic mass is 35.5. The van der Waals surface area contributed by atoms with Crippen LogP contribution in [0.25, 0.3) is 0 Å². The van der Waals surface area contributed by atoms with E-state index >= 15 is 0 Å². The molecular weight excluding hydrogens is 514 g/mol. The van der Waals surface area contributed by atoms with Gasteiger partial charge in [0.25, 0.3) is 10.0 Å². The van der Waals surface area contributed by atoms with Gasteiger partial charge in [0.05, 0.1) is 17.7 Å². The van der Waals surface area contributed by atoms with Gasteiger partial charge in [0.2, 0.25) is 11.8 Å². The average molecular weight is 544 g/mol. The molecule has 3 rings (SSSR count). The summed E-state index contributed by atoms with van der Waals surface area (Å²) in [5, 5.41) is 3.03. The van der Waals surface area contributed by atoms with E-state index in [4.69, 9.17) is 16.3 Å². The first kappa shape index (κ1) is 28.0. The van der Waals surface area contributed by atoms with Crippen molar-refractivity contribution in [2.45, 2.75) is 30.8 Å². The number of sulfonamides is 1. The van der Waals surface area contributed by atoms with Gasteiger partial charge in [0.15, 0.2) is 0 Å². The van der Waals surface area contributed by atoms with Gasteiger partial charge in [0, 0.05) is 24.7 Å². The molecule has 1 unspecified atom stereocenters. The topological polar surface area (TPSA) is 96.0 Å².